The van der Waals surface area contributed by atoms with Crippen molar-refractivity contribution in [2.75, 3.05) is 6.54 Å². The maximum Gasteiger partial charge on any atom is 0.167 e. The van der Waals surface area contributed by atoms with Gasteiger partial charge in [-0.25, -0.2) is 4.39 Å². The zero-order valence-electron chi connectivity index (χ0n) is 11.2. The summed E-state index contributed by atoms with van der Waals surface area (Å²) in [6.07, 6.45) is 0. The number of benzene rings is 2. The molecule has 2 rings (SSSR count). The molecule has 0 saturated carbocycles. The Bertz CT molecular complexity index is 537. The summed E-state index contributed by atoms with van der Waals surface area (Å²) in [7, 11) is 0. The van der Waals surface area contributed by atoms with Crippen molar-refractivity contribution < 1.29 is 9.13 Å². The van der Waals surface area contributed by atoms with Crippen LogP contribution < -0.4 is 10.1 Å². The molecule has 0 atom stereocenters. The van der Waals surface area contributed by atoms with Gasteiger partial charge in [-0.05, 0) is 31.7 Å². The first kappa shape index (κ1) is 13.6. The number of halogens is 1. The van der Waals surface area contributed by atoms with Gasteiger partial charge in [0.25, 0.3) is 0 Å². The zero-order valence-corrected chi connectivity index (χ0v) is 11.2. The van der Waals surface area contributed by atoms with Crippen LogP contribution in [0.5, 0.6) is 11.5 Å². The highest BCUT2D eigenvalue weighted by Crippen LogP contribution is 2.28. The maximum atomic E-state index is 13.9. The zero-order chi connectivity index (χ0) is 13.7. The summed E-state index contributed by atoms with van der Waals surface area (Å²) in [5.41, 5.74) is 1.97. The first-order valence-corrected chi connectivity index (χ1v) is 6.43. The van der Waals surface area contributed by atoms with Crippen molar-refractivity contribution in [3.63, 3.8) is 0 Å². The van der Waals surface area contributed by atoms with Gasteiger partial charge in [-0.1, -0.05) is 36.8 Å². The summed E-state index contributed by atoms with van der Waals surface area (Å²) < 4.78 is 19.6. The molecule has 0 bridgehead atoms. The van der Waals surface area contributed by atoms with Crippen LogP contribution in [0.15, 0.2) is 42.5 Å². The summed E-state index contributed by atoms with van der Waals surface area (Å²) in [6, 6.07) is 12.6. The number of ether oxygens (including phenoxy) is 1. The van der Waals surface area contributed by atoms with E-state index in [4.69, 9.17) is 4.74 Å². The molecule has 2 aromatic carbocycles. The molecule has 0 saturated heterocycles. The Morgan fingerprint density at radius 2 is 1.84 bits per heavy atom. The van der Waals surface area contributed by atoms with E-state index in [0.717, 1.165) is 17.7 Å². The third-order valence-electron chi connectivity index (χ3n) is 2.85. The van der Waals surface area contributed by atoms with E-state index in [1.54, 1.807) is 6.07 Å². The van der Waals surface area contributed by atoms with E-state index in [1.807, 2.05) is 44.2 Å². The second-order valence-electron chi connectivity index (χ2n) is 4.42. The largest absolute Gasteiger partial charge is 0.454 e. The van der Waals surface area contributed by atoms with Gasteiger partial charge in [0, 0.05) is 12.1 Å². The average Bonchev–Trinajstić information content (AvgIpc) is 2.42. The molecule has 100 valence electrons. The lowest BCUT2D eigenvalue weighted by atomic mass is 10.2. The number of nitrogens with one attached hydrogen (secondary N) is 1. The molecular weight excluding hydrogens is 241 g/mol. The highest BCUT2D eigenvalue weighted by atomic mass is 19.1. The molecule has 0 amide bonds. The minimum absolute atomic E-state index is 0.298. The van der Waals surface area contributed by atoms with Gasteiger partial charge in [0.2, 0.25) is 0 Å². The number of aryl methyl sites for hydroxylation is 1. The molecule has 3 heteroatoms. The molecule has 19 heavy (non-hydrogen) atoms. The molecule has 2 nitrogen and oxygen atoms in total. The van der Waals surface area contributed by atoms with Crippen molar-refractivity contribution in [3.05, 3.63) is 59.4 Å². The maximum absolute atomic E-state index is 13.9. The predicted molar refractivity (Wildman–Crippen MR) is 75.0 cm³/mol. The Morgan fingerprint density at radius 1 is 1.11 bits per heavy atom. The van der Waals surface area contributed by atoms with Gasteiger partial charge in [-0.3, -0.25) is 0 Å². The first-order chi connectivity index (χ1) is 9.20. The number of hydrogen-bond acceptors (Lipinski definition) is 2. The Morgan fingerprint density at radius 3 is 2.53 bits per heavy atom. The van der Waals surface area contributed by atoms with E-state index < -0.39 is 0 Å². The molecule has 0 aliphatic carbocycles. The molecule has 0 fully saturated rings. The quantitative estimate of drug-likeness (QED) is 0.875. The van der Waals surface area contributed by atoms with Crippen LogP contribution in [-0.2, 0) is 6.54 Å². The fourth-order valence-corrected chi connectivity index (χ4v) is 1.79. The molecule has 0 aliphatic rings. The van der Waals surface area contributed by atoms with Crippen LogP contribution in [0.3, 0.4) is 0 Å². The SMILES string of the molecule is CCNCc1cccc(F)c1Oc1ccc(C)cc1. The molecule has 0 unspecified atom stereocenters. The van der Waals surface area contributed by atoms with Gasteiger partial charge >= 0.3 is 0 Å². The fourth-order valence-electron chi connectivity index (χ4n) is 1.79. The second kappa shape index (κ2) is 6.34. The molecule has 2 aromatic rings. The van der Waals surface area contributed by atoms with E-state index in [1.165, 1.54) is 6.07 Å². The Hall–Kier alpha value is -1.87. The molecule has 0 radical (unpaired) electrons. The van der Waals surface area contributed by atoms with Crippen LogP contribution in [0.25, 0.3) is 0 Å². The van der Waals surface area contributed by atoms with Crippen molar-refractivity contribution in [3.8, 4) is 11.5 Å². The van der Waals surface area contributed by atoms with Crippen LogP contribution in [0.1, 0.15) is 18.1 Å². The van der Waals surface area contributed by atoms with E-state index in [-0.39, 0.29) is 5.82 Å². The Kier molecular flexibility index (Phi) is 4.53. The van der Waals surface area contributed by atoms with Gasteiger partial charge < -0.3 is 10.1 Å². The van der Waals surface area contributed by atoms with Gasteiger partial charge in [0.15, 0.2) is 11.6 Å². The van der Waals surface area contributed by atoms with E-state index in [9.17, 15) is 4.39 Å². The highest BCUT2D eigenvalue weighted by molar-refractivity contribution is 5.39. The van der Waals surface area contributed by atoms with E-state index >= 15 is 0 Å². The molecule has 0 aromatic heterocycles. The Labute approximate surface area is 113 Å². The lowest BCUT2D eigenvalue weighted by Gasteiger charge is -2.12. The van der Waals surface area contributed by atoms with Crippen molar-refractivity contribution in [1.29, 1.82) is 0 Å². The number of hydrogen-bond donors (Lipinski definition) is 1. The van der Waals surface area contributed by atoms with Gasteiger partial charge in [-0.15, -0.1) is 0 Å². The van der Waals surface area contributed by atoms with Gasteiger partial charge in [-0.2, -0.15) is 0 Å². The second-order valence-corrected chi connectivity index (χ2v) is 4.42. The monoisotopic (exact) mass is 259 g/mol. The van der Waals surface area contributed by atoms with Gasteiger partial charge in [0.05, 0.1) is 0 Å². The smallest absolute Gasteiger partial charge is 0.167 e. The standard InChI is InChI=1S/C16H18FNO/c1-3-18-11-13-5-4-6-15(17)16(13)19-14-9-7-12(2)8-10-14/h4-10,18H,3,11H2,1-2H3. The summed E-state index contributed by atoms with van der Waals surface area (Å²) in [4.78, 5) is 0. The summed E-state index contributed by atoms with van der Waals surface area (Å²) in [5.74, 6) is 0.608. The summed E-state index contributed by atoms with van der Waals surface area (Å²) in [5, 5.41) is 3.18. The summed E-state index contributed by atoms with van der Waals surface area (Å²) >= 11 is 0. The third-order valence-corrected chi connectivity index (χ3v) is 2.85. The minimum atomic E-state index is -0.337. The van der Waals surface area contributed by atoms with E-state index in [0.29, 0.717) is 18.0 Å². The lowest BCUT2D eigenvalue weighted by Crippen LogP contribution is -2.12. The molecule has 0 spiro atoms. The van der Waals surface area contributed by atoms with Crippen molar-refractivity contribution in [1.82, 2.24) is 5.32 Å². The molecule has 0 heterocycles. The fraction of sp³-hybridized carbons (Fsp3) is 0.250. The number of para-hydroxylation sites is 1. The van der Waals surface area contributed by atoms with Crippen molar-refractivity contribution in [2.24, 2.45) is 0 Å². The van der Waals surface area contributed by atoms with Crippen molar-refractivity contribution >= 4 is 0 Å². The predicted octanol–water partition coefficient (Wildman–Crippen LogP) is 4.04. The van der Waals surface area contributed by atoms with Crippen LogP contribution in [0.4, 0.5) is 4.39 Å². The lowest BCUT2D eigenvalue weighted by molar-refractivity contribution is 0.434. The van der Waals surface area contributed by atoms with Crippen LogP contribution >= 0.6 is 0 Å². The molecule has 0 aliphatic heterocycles. The number of rotatable bonds is 5. The molecule has 1 N–H and O–H groups in total. The topological polar surface area (TPSA) is 21.3 Å². The summed E-state index contributed by atoms with van der Waals surface area (Å²) in [6.45, 7) is 5.44. The normalized spacial score (nSPS) is 10.5. The van der Waals surface area contributed by atoms with Crippen LogP contribution in [-0.4, -0.2) is 6.54 Å². The van der Waals surface area contributed by atoms with E-state index in [2.05, 4.69) is 5.32 Å². The van der Waals surface area contributed by atoms with Crippen molar-refractivity contribution in [2.45, 2.75) is 20.4 Å². The van der Waals surface area contributed by atoms with Gasteiger partial charge in [0.1, 0.15) is 5.75 Å². The molecular formula is C16H18FNO. The first-order valence-electron chi connectivity index (χ1n) is 6.43. The third kappa shape index (κ3) is 3.55. The highest BCUT2D eigenvalue weighted by Gasteiger charge is 2.10. The van der Waals surface area contributed by atoms with Crippen LogP contribution in [0, 0.1) is 12.7 Å². The Balaban J connectivity index is 2.25. The van der Waals surface area contributed by atoms with Crippen LogP contribution in [0.2, 0.25) is 0 Å². The minimum Gasteiger partial charge on any atom is -0.454 e. The average molecular weight is 259 g/mol.